The molecular formula is C14H16N6O4. The molecule has 0 aliphatic heterocycles. The first-order valence-corrected chi connectivity index (χ1v) is 6.94. The number of nitrogen functional groups attached to an aromatic ring is 1. The molecule has 0 amide bonds. The Morgan fingerprint density at radius 1 is 1.50 bits per heavy atom. The lowest BCUT2D eigenvalue weighted by atomic mass is 10.1. The van der Waals surface area contributed by atoms with Crippen molar-refractivity contribution in [3.63, 3.8) is 0 Å². The van der Waals surface area contributed by atoms with Crippen LogP contribution in [0, 0.1) is 17.0 Å². The molecule has 0 saturated carbocycles. The molecule has 1 heterocycles. The Kier molecular flexibility index (Phi) is 5.09. The van der Waals surface area contributed by atoms with Crippen molar-refractivity contribution >= 4 is 23.2 Å². The minimum absolute atomic E-state index is 0.0304. The molecule has 0 bridgehead atoms. The van der Waals surface area contributed by atoms with Gasteiger partial charge in [0.2, 0.25) is 0 Å². The van der Waals surface area contributed by atoms with Crippen LogP contribution in [0.25, 0.3) is 0 Å². The summed E-state index contributed by atoms with van der Waals surface area (Å²) in [5.41, 5.74) is 13.3. The first-order chi connectivity index (χ1) is 11.4. The maximum absolute atomic E-state index is 11.7. The van der Waals surface area contributed by atoms with E-state index in [9.17, 15) is 14.9 Å². The first-order valence-electron chi connectivity index (χ1n) is 6.94. The summed E-state index contributed by atoms with van der Waals surface area (Å²) in [6, 6.07) is 5.15. The molecule has 0 unspecified atom stereocenters. The summed E-state index contributed by atoms with van der Waals surface area (Å²) in [4.78, 5) is 26.4. The third kappa shape index (κ3) is 4.06. The maximum atomic E-state index is 11.7. The Balaban J connectivity index is 1.92. The minimum Gasteiger partial charge on any atom is -0.398 e. The lowest BCUT2D eigenvalue weighted by molar-refractivity contribution is -0.385. The molecule has 0 atom stereocenters. The van der Waals surface area contributed by atoms with Crippen molar-refractivity contribution < 1.29 is 14.6 Å². The van der Waals surface area contributed by atoms with E-state index in [1.165, 1.54) is 10.9 Å². The number of aromatic nitrogens is 2. The highest BCUT2D eigenvalue weighted by molar-refractivity contribution is 5.99. The van der Waals surface area contributed by atoms with Gasteiger partial charge >= 0.3 is 11.7 Å². The summed E-state index contributed by atoms with van der Waals surface area (Å²) in [5, 5.41) is 17.9. The SMILES string of the molecule is Cc1c(N)cccc1/C(N)=N/OC(=O)CCn1cc([N+](=O)[O-])cn1. The second-order valence-electron chi connectivity index (χ2n) is 4.93. The second kappa shape index (κ2) is 7.22. The predicted octanol–water partition coefficient (Wildman–Crippen LogP) is 0.936. The molecule has 0 fully saturated rings. The first kappa shape index (κ1) is 16.9. The Hall–Kier alpha value is -3.43. The standard InChI is InChI=1S/C14H16N6O4/c1-9-11(3-2-4-12(9)15)14(16)18-24-13(21)5-6-19-8-10(7-17-19)20(22)23/h2-4,7-8H,5-6,15H2,1H3,(H2,16,18). The van der Waals surface area contributed by atoms with Crippen LogP contribution in [0.5, 0.6) is 0 Å². The minimum atomic E-state index is -0.641. The van der Waals surface area contributed by atoms with Crippen molar-refractivity contribution in [2.24, 2.45) is 10.9 Å². The van der Waals surface area contributed by atoms with Crippen LogP contribution >= 0.6 is 0 Å². The smallest absolute Gasteiger partial charge is 0.336 e. The zero-order valence-electron chi connectivity index (χ0n) is 12.9. The molecular weight excluding hydrogens is 316 g/mol. The van der Waals surface area contributed by atoms with Crippen LogP contribution in [-0.2, 0) is 16.2 Å². The molecule has 4 N–H and O–H groups in total. The number of rotatable bonds is 6. The molecule has 0 aliphatic rings. The van der Waals surface area contributed by atoms with E-state index in [0.29, 0.717) is 11.3 Å². The maximum Gasteiger partial charge on any atom is 0.336 e. The van der Waals surface area contributed by atoms with Crippen LogP contribution in [0.2, 0.25) is 0 Å². The van der Waals surface area contributed by atoms with Gasteiger partial charge in [-0.2, -0.15) is 5.10 Å². The molecule has 0 radical (unpaired) electrons. The molecule has 0 saturated heterocycles. The fourth-order valence-corrected chi connectivity index (χ4v) is 1.90. The third-order valence-electron chi connectivity index (χ3n) is 3.27. The van der Waals surface area contributed by atoms with E-state index >= 15 is 0 Å². The van der Waals surface area contributed by atoms with Crippen molar-refractivity contribution in [2.75, 3.05) is 5.73 Å². The number of carbonyl (C=O) groups is 1. The van der Waals surface area contributed by atoms with Crippen molar-refractivity contribution in [1.29, 1.82) is 0 Å². The average molecular weight is 332 g/mol. The molecule has 10 nitrogen and oxygen atoms in total. The van der Waals surface area contributed by atoms with Crippen LogP contribution in [0.3, 0.4) is 0 Å². The molecule has 1 aromatic heterocycles. The van der Waals surface area contributed by atoms with Crippen LogP contribution < -0.4 is 11.5 Å². The second-order valence-corrected chi connectivity index (χ2v) is 4.93. The zero-order chi connectivity index (χ0) is 17.7. The van der Waals surface area contributed by atoms with Crippen LogP contribution in [0.4, 0.5) is 11.4 Å². The summed E-state index contributed by atoms with van der Waals surface area (Å²) < 4.78 is 1.27. The zero-order valence-corrected chi connectivity index (χ0v) is 12.9. The highest BCUT2D eigenvalue weighted by Gasteiger charge is 2.11. The largest absolute Gasteiger partial charge is 0.398 e. The van der Waals surface area contributed by atoms with E-state index in [2.05, 4.69) is 10.3 Å². The number of oxime groups is 1. The van der Waals surface area contributed by atoms with Crippen LogP contribution in [0.1, 0.15) is 17.5 Å². The lowest BCUT2D eigenvalue weighted by Gasteiger charge is -2.07. The van der Waals surface area contributed by atoms with E-state index in [0.717, 1.165) is 11.8 Å². The Morgan fingerprint density at radius 3 is 2.92 bits per heavy atom. The topological polar surface area (TPSA) is 152 Å². The van der Waals surface area contributed by atoms with Gasteiger partial charge in [-0.15, -0.1) is 0 Å². The van der Waals surface area contributed by atoms with Gasteiger partial charge in [0.25, 0.3) is 0 Å². The fourth-order valence-electron chi connectivity index (χ4n) is 1.90. The van der Waals surface area contributed by atoms with Crippen molar-refractivity contribution in [1.82, 2.24) is 9.78 Å². The summed E-state index contributed by atoms with van der Waals surface area (Å²) in [6.45, 7) is 1.90. The predicted molar refractivity (Wildman–Crippen MR) is 85.9 cm³/mol. The fraction of sp³-hybridized carbons (Fsp3) is 0.214. The van der Waals surface area contributed by atoms with E-state index in [1.807, 2.05) is 0 Å². The van der Waals surface area contributed by atoms with Crippen molar-refractivity contribution in [3.05, 3.63) is 51.8 Å². The number of nitrogens with two attached hydrogens (primary N) is 2. The average Bonchev–Trinajstić information content (AvgIpc) is 3.02. The van der Waals surface area contributed by atoms with Crippen LogP contribution in [-0.4, -0.2) is 26.5 Å². The van der Waals surface area contributed by atoms with E-state index in [4.69, 9.17) is 16.3 Å². The van der Waals surface area contributed by atoms with Crippen molar-refractivity contribution in [2.45, 2.75) is 19.9 Å². The summed E-state index contributed by atoms with van der Waals surface area (Å²) in [7, 11) is 0. The molecule has 126 valence electrons. The van der Waals surface area contributed by atoms with Gasteiger partial charge in [0.15, 0.2) is 5.84 Å². The quantitative estimate of drug-likeness (QED) is 0.199. The summed E-state index contributed by atoms with van der Waals surface area (Å²) >= 11 is 0. The van der Waals surface area contributed by atoms with Crippen LogP contribution in [0.15, 0.2) is 35.7 Å². The highest BCUT2D eigenvalue weighted by Crippen LogP contribution is 2.15. The summed E-state index contributed by atoms with van der Waals surface area (Å²) in [5.74, 6) is -0.611. The molecule has 10 heteroatoms. The summed E-state index contributed by atoms with van der Waals surface area (Å²) in [6.07, 6.45) is 2.26. The number of hydrogen-bond acceptors (Lipinski definition) is 7. The number of aryl methyl sites for hydroxylation is 1. The number of benzene rings is 1. The van der Waals surface area contributed by atoms with Crippen molar-refractivity contribution in [3.8, 4) is 0 Å². The lowest BCUT2D eigenvalue weighted by Crippen LogP contribution is -2.17. The Labute approximate surface area is 136 Å². The third-order valence-corrected chi connectivity index (χ3v) is 3.27. The Morgan fingerprint density at radius 2 is 2.25 bits per heavy atom. The monoisotopic (exact) mass is 332 g/mol. The molecule has 0 spiro atoms. The number of nitrogens with zero attached hydrogens (tertiary/aromatic N) is 4. The number of amidine groups is 1. The molecule has 1 aromatic carbocycles. The van der Waals surface area contributed by atoms with Gasteiger partial charge in [-0.25, -0.2) is 4.79 Å². The van der Waals surface area contributed by atoms with Gasteiger partial charge in [0, 0.05) is 11.3 Å². The van der Waals surface area contributed by atoms with Gasteiger partial charge in [0.05, 0.1) is 17.9 Å². The van der Waals surface area contributed by atoms with E-state index < -0.39 is 10.9 Å². The normalized spacial score (nSPS) is 11.3. The van der Waals surface area contributed by atoms with E-state index in [-0.39, 0.29) is 24.5 Å². The van der Waals surface area contributed by atoms with Gasteiger partial charge < -0.3 is 16.3 Å². The highest BCUT2D eigenvalue weighted by atomic mass is 16.7. The van der Waals surface area contributed by atoms with Gasteiger partial charge in [-0.3, -0.25) is 14.8 Å². The number of anilines is 1. The van der Waals surface area contributed by atoms with E-state index in [1.54, 1.807) is 25.1 Å². The van der Waals surface area contributed by atoms with Gasteiger partial charge in [-0.1, -0.05) is 17.3 Å². The number of carbonyl (C=O) groups excluding carboxylic acids is 1. The van der Waals surface area contributed by atoms with Gasteiger partial charge in [-0.05, 0) is 18.6 Å². The Bertz CT molecular complexity index is 798. The molecule has 2 rings (SSSR count). The van der Waals surface area contributed by atoms with Gasteiger partial charge in [0.1, 0.15) is 12.4 Å². The molecule has 2 aromatic rings. The molecule has 24 heavy (non-hydrogen) atoms. The number of hydrogen-bond donors (Lipinski definition) is 2. The molecule has 0 aliphatic carbocycles. The number of nitro groups is 1.